The average molecular weight is 273 g/mol. The minimum Gasteiger partial charge on any atom is -0.202 e. The van der Waals surface area contributed by atoms with E-state index in [0.29, 0.717) is 6.54 Å². The second-order valence-corrected chi connectivity index (χ2v) is 5.66. The van der Waals surface area contributed by atoms with Crippen LogP contribution in [-0.4, -0.2) is 37.7 Å². The minimum atomic E-state index is -3.27. The zero-order valence-electron chi connectivity index (χ0n) is 8.25. The number of hydrogen-bond acceptors (Lipinski definition) is 2. The van der Waals surface area contributed by atoms with Gasteiger partial charge in [-0.15, -0.1) is 0 Å². The fourth-order valence-electron chi connectivity index (χ4n) is 0.647. The van der Waals surface area contributed by atoms with Crippen molar-refractivity contribution in [2.45, 2.75) is 26.3 Å². The lowest BCUT2D eigenvalue weighted by Gasteiger charge is -2.20. The Balaban J connectivity index is 4.08. The molecule has 0 unspecified atom stereocenters. The molecule has 4 nitrogen and oxygen atoms in total. The summed E-state index contributed by atoms with van der Waals surface area (Å²) in [6.45, 7) is 4.15. The Hall–Kier alpha value is 0.350. The third kappa shape index (κ3) is 4.95. The third-order valence-electron chi connectivity index (χ3n) is 1.70. The quantitative estimate of drug-likeness (QED) is 0.578. The topological polar surface area (TPSA) is 49.4 Å². The maximum atomic E-state index is 11.4. The van der Waals surface area contributed by atoms with Crippen LogP contribution in [0.1, 0.15) is 20.3 Å². The van der Waals surface area contributed by atoms with E-state index in [0.717, 1.165) is 11.8 Å². The first-order chi connectivity index (χ1) is 5.91. The molecule has 0 aromatic heterocycles. The maximum Gasteiger partial charge on any atom is 0.279 e. The number of hydrogen-bond donors (Lipinski definition) is 1. The Kier molecular flexibility index (Phi) is 6.11. The van der Waals surface area contributed by atoms with E-state index in [1.54, 1.807) is 7.05 Å². The van der Waals surface area contributed by atoms with E-state index in [1.165, 1.54) is 4.31 Å². The summed E-state index contributed by atoms with van der Waals surface area (Å²) in [4.78, 5) is 0. The van der Waals surface area contributed by atoms with Crippen LogP contribution >= 0.6 is 15.9 Å². The van der Waals surface area contributed by atoms with Crippen LogP contribution < -0.4 is 4.72 Å². The fourth-order valence-corrected chi connectivity index (χ4v) is 2.09. The van der Waals surface area contributed by atoms with Gasteiger partial charge in [0.2, 0.25) is 0 Å². The Morgan fingerprint density at radius 1 is 1.46 bits per heavy atom. The monoisotopic (exact) mass is 272 g/mol. The highest BCUT2D eigenvalue weighted by atomic mass is 79.9. The largest absolute Gasteiger partial charge is 0.279 e. The zero-order chi connectivity index (χ0) is 10.5. The molecule has 0 aliphatic heterocycles. The molecular weight excluding hydrogens is 256 g/mol. The van der Waals surface area contributed by atoms with Crippen LogP contribution in [0, 0.1) is 0 Å². The Morgan fingerprint density at radius 2 is 2.00 bits per heavy atom. The molecule has 0 radical (unpaired) electrons. The van der Waals surface area contributed by atoms with Gasteiger partial charge in [0.1, 0.15) is 0 Å². The molecule has 0 amide bonds. The van der Waals surface area contributed by atoms with Crippen molar-refractivity contribution in [2.24, 2.45) is 0 Å². The molecule has 13 heavy (non-hydrogen) atoms. The van der Waals surface area contributed by atoms with Crippen LogP contribution in [-0.2, 0) is 10.2 Å². The van der Waals surface area contributed by atoms with Crippen molar-refractivity contribution in [1.82, 2.24) is 9.03 Å². The van der Waals surface area contributed by atoms with Crippen molar-refractivity contribution in [3.8, 4) is 0 Å². The second-order valence-electron chi connectivity index (χ2n) is 3.05. The number of nitrogens with zero attached hydrogens (tertiary/aromatic N) is 1. The number of nitrogens with one attached hydrogen (secondary N) is 1. The molecular formula is C7H17BrN2O2S. The summed E-state index contributed by atoms with van der Waals surface area (Å²) in [5, 5.41) is 0.806. The second kappa shape index (κ2) is 5.95. The number of alkyl halides is 1. The van der Waals surface area contributed by atoms with Crippen LogP contribution in [0.5, 0.6) is 0 Å². The molecule has 0 bridgehead atoms. The van der Waals surface area contributed by atoms with Crippen LogP contribution in [0.4, 0.5) is 0 Å². The lowest BCUT2D eigenvalue weighted by atomic mass is 10.4. The highest BCUT2D eigenvalue weighted by molar-refractivity contribution is 9.09. The summed E-state index contributed by atoms with van der Waals surface area (Å²) < 4.78 is 26.7. The van der Waals surface area contributed by atoms with E-state index in [2.05, 4.69) is 20.7 Å². The predicted molar refractivity (Wildman–Crippen MR) is 58.2 cm³/mol. The highest BCUT2D eigenvalue weighted by Gasteiger charge is 2.18. The lowest BCUT2D eigenvalue weighted by Crippen LogP contribution is -2.42. The van der Waals surface area contributed by atoms with Gasteiger partial charge in [0.05, 0.1) is 0 Å². The van der Waals surface area contributed by atoms with E-state index < -0.39 is 10.2 Å². The summed E-state index contributed by atoms with van der Waals surface area (Å²) in [5.74, 6) is 0. The van der Waals surface area contributed by atoms with E-state index in [9.17, 15) is 8.42 Å². The molecule has 0 aliphatic rings. The van der Waals surface area contributed by atoms with Crippen molar-refractivity contribution in [3.63, 3.8) is 0 Å². The third-order valence-corrected chi connectivity index (χ3v) is 4.01. The van der Waals surface area contributed by atoms with Gasteiger partial charge in [-0.3, -0.25) is 0 Å². The van der Waals surface area contributed by atoms with Crippen molar-refractivity contribution in [1.29, 1.82) is 0 Å². The van der Waals surface area contributed by atoms with Gasteiger partial charge in [-0.2, -0.15) is 12.7 Å². The van der Waals surface area contributed by atoms with Crippen molar-refractivity contribution in [3.05, 3.63) is 0 Å². The van der Waals surface area contributed by atoms with Crippen molar-refractivity contribution in [2.75, 3.05) is 18.9 Å². The number of halogens is 1. The smallest absolute Gasteiger partial charge is 0.202 e. The summed E-state index contributed by atoms with van der Waals surface area (Å²) in [5.41, 5.74) is 0. The van der Waals surface area contributed by atoms with E-state index in [1.807, 2.05) is 13.8 Å². The Labute approximate surface area is 89.0 Å². The lowest BCUT2D eigenvalue weighted by molar-refractivity contribution is 0.402. The standard InChI is InChI=1S/C7H17BrN2O2S/c1-7(2)10(3)13(11,12)9-6-4-5-8/h7,9H,4-6H2,1-3H3. The molecule has 0 aliphatic carbocycles. The first-order valence-corrected chi connectivity index (χ1v) is 6.76. The molecule has 0 aromatic rings. The van der Waals surface area contributed by atoms with Crippen LogP contribution in [0.3, 0.4) is 0 Å². The molecule has 0 saturated carbocycles. The van der Waals surface area contributed by atoms with Gasteiger partial charge in [-0.05, 0) is 20.3 Å². The molecule has 0 aromatic carbocycles. The first-order valence-electron chi connectivity index (χ1n) is 4.20. The first kappa shape index (κ1) is 13.4. The van der Waals surface area contributed by atoms with Crippen LogP contribution in [0.15, 0.2) is 0 Å². The highest BCUT2D eigenvalue weighted by Crippen LogP contribution is 2.00. The molecule has 6 heteroatoms. The van der Waals surface area contributed by atoms with Gasteiger partial charge in [0, 0.05) is 25.0 Å². The van der Waals surface area contributed by atoms with Gasteiger partial charge >= 0.3 is 0 Å². The normalized spacial score (nSPS) is 12.8. The molecule has 0 rings (SSSR count). The van der Waals surface area contributed by atoms with Crippen LogP contribution in [0.2, 0.25) is 0 Å². The summed E-state index contributed by atoms with van der Waals surface area (Å²) >= 11 is 3.23. The average Bonchev–Trinajstić information content (AvgIpc) is 2.03. The molecule has 0 heterocycles. The molecule has 1 N–H and O–H groups in total. The fraction of sp³-hybridized carbons (Fsp3) is 1.00. The maximum absolute atomic E-state index is 11.4. The van der Waals surface area contributed by atoms with Gasteiger partial charge in [0.25, 0.3) is 10.2 Å². The van der Waals surface area contributed by atoms with Crippen molar-refractivity contribution >= 4 is 26.1 Å². The van der Waals surface area contributed by atoms with Gasteiger partial charge in [-0.1, -0.05) is 15.9 Å². The Morgan fingerprint density at radius 3 is 2.38 bits per heavy atom. The molecule has 0 saturated heterocycles. The predicted octanol–water partition coefficient (Wildman–Crippen LogP) is 0.946. The molecule has 0 spiro atoms. The van der Waals surface area contributed by atoms with Gasteiger partial charge in [-0.25, -0.2) is 4.72 Å². The Bertz CT molecular complexity index is 229. The van der Waals surface area contributed by atoms with Crippen molar-refractivity contribution < 1.29 is 8.42 Å². The summed E-state index contributed by atoms with van der Waals surface area (Å²) in [6, 6.07) is -0.0125. The van der Waals surface area contributed by atoms with Gasteiger partial charge < -0.3 is 0 Å². The number of rotatable bonds is 6. The summed E-state index contributed by atoms with van der Waals surface area (Å²) in [6.07, 6.45) is 0.797. The van der Waals surface area contributed by atoms with E-state index >= 15 is 0 Å². The minimum absolute atomic E-state index is 0.0125. The van der Waals surface area contributed by atoms with E-state index in [-0.39, 0.29) is 6.04 Å². The molecule has 80 valence electrons. The van der Waals surface area contributed by atoms with Crippen LogP contribution in [0.25, 0.3) is 0 Å². The molecule has 0 atom stereocenters. The van der Waals surface area contributed by atoms with E-state index in [4.69, 9.17) is 0 Å². The summed E-state index contributed by atoms with van der Waals surface area (Å²) in [7, 11) is -1.70. The zero-order valence-corrected chi connectivity index (χ0v) is 10.7. The SMILES string of the molecule is CC(C)N(C)S(=O)(=O)NCCCBr. The van der Waals surface area contributed by atoms with Gasteiger partial charge in [0.15, 0.2) is 0 Å². The molecule has 0 fully saturated rings.